The Morgan fingerprint density at radius 2 is 1.90 bits per heavy atom. The molecule has 0 unspecified atom stereocenters. The standard InChI is InChI=1S/C16H19Cl2NO/c1-12-2-4-13(5-3-12)16(20)14-6-8-19(9-7-14)11-15(18)10-17/h2-5,10,14H,6-9,11H2,1H3/b15-10-. The lowest BCUT2D eigenvalue weighted by Crippen LogP contribution is -2.37. The summed E-state index contributed by atoms with van der Waals surface area (Å²) in [7, 11) is 0. The van der Waals surface area contributed by atoms with Gasteiger partial charge < -0.3 is 0 Å². The van der Waals surface area contributed by atoms with Crippen molar-refractivity contribution in [3.63, 3.8) is 0 Å². The number of carbonyl (C=O) groups is 1. The Hall–Kier alpha value is -0.830. The van der Waals surface area contributed by atoms with E-state index in [9.17, 15) is 4.79 Å². The maximum absolute atomic E-state index is 12.4. The van der Waals surface area contributed by atoms with Crippen molar-refractivity contribution >= 4 is 29.0 Å². The van der Waals surface area contributed by atoms with E-state index in [1.165, 1.54) is 11.1 Å². The molecule has 0 amide bonds. The van der Waals surface area contributed by atoms with Crippen molar-refractivity contribution in [2.24, 2.45) is 5.92 Å². The molecule has 0 bridgehead atoms. The van der Waals surface area contributed by atoms with E-state index in [0.717, 1.165) is 31.5 Å². The highest BCUT2D eigenvalue weighted by atomic mass is 35.5. The van der Waals surface area contributed by atoms with Crippen LogP contribution in [0.25, 0.3) is 0 Å². The third-order valence-electron chi connectivity index (χ3n) is 3.79. The quantitative estimate of drug-likeness (QED) is 0.776. The average molecular weight is 312 g/mol. The summed E-state index contributed by atoms with van der Waals surface area (Å²) in [6, 6.07) is 7.84. The molecule has 2 rings (SSSR count). The molecule has 1 aromatic rings. The Morgan fingerprint density at radius 1 is 1.30 bits per heavy atom. The third-order valence-corrected chi connectivity index (χ3v) is 4.39. The lowest BCUT2D eigenvalue weighted by Gasteiger charge is -2.31. The van der Waals surface area contributed by atoms with Gasteiger partial charge in [-0.3, -0.25) is 9.69 Å². The van der Waals surface area contributed by atoms with E-state index in [1.54, 1.807) is 0 Å². The maximum atomic E-state index is 12.4. The Labute approximate surface area is 130 Å². The van der Waals surface area contributed by atoms with Gasteiger partial charge in [-0.05, 0) is 32.9 Å². The number of carbonyl (C=O) groups excluding carboxylic acids is 1. The van der Waals surface area contributed by atoms with E-state index in [-0.39, 0.29) is 11.7 Å². The van der Waals surface area contributed by atoms with Crippen molar-refractivity contribution in [2.45, 2.75) is 19.8 Å². The van der Waals surface area contributed by atoms with Crippen LogP contribution < -0.4 is 0 Å². The lowest BCUT2D eigenvalue weighted by atomic mass is 9.88. The number of hydrogen-bond donors (Lipinski definition) is 0. The van der Waals surface area contributed by atoms with Crippen LogP contribution >= 0.6 is 23.2 Å². The fraction of sp³-hybridized carbons (Fsp3) is 0.438. The molecule has 1 saturated heterocycles. The number of ketones is 1. The fourth-order valence-corrected chi connectivity index (χ4v) is 2.79. The van der Waals surface area contributed by atoms with Crippen molar-refractivity contribution in [2.75, 3.05) is 19.6 Å². The summed E-state index contributed by atoms with van der Waals surface area (Å²) in [4.78, 5) is 14.7. The minimum absolute atomic E-state index is 0.132. The van der Waals surface area contributed by atoms with Gasteiger partial charge in [-0.2, -0.15) is 0 Å². The molecule has 2 nitrogen and oxygen atoms in total. The molecule has 0 aromatic heterocycles. The third kappa shape index (κ3) is 4.08. The zero-order valence-corrected chi connectivity index (χ0v) is 13.1. The van der Waals surface area contributed by atoms with Crippen LogP contribution in [0.5, 0.6) is 0 Å². The summed E-state index contributed by atoms with van der Waals surface area (Å²) >= 11 is 11.5. The first-order valence-corrected chi connectivity index (χ1v) is 7.69. The van der Waals surface area contributed by atoms with E-state index in [2.05, 4.69) is 4.90 Å². The van der Waals surface area contributed by atoms with Gasteiger partial charge >= 0.3 is 0 Å². The highest BCUT2D eigenvalue weighted by molar-refractivity contribution is 6.36. The molecular formula is C16H19Cl2NO. The Kier molecular flexibility index (Phi) is 5.64. The number of benzene rings is 1. The number of hydrogen-bond acceptors (Lipinski definition) is 2. The average Bonchev–Trinajstić information content (AvgIpc) is 2.48. The molecule has 0 spiro atoms. The zero-order chi connectivity index (χ0) is 14.5. The van der Waals surface area contributed by atoms with Crippen molar-refractivity contribution in [3.8, 4) is 0 Å². The van der Waals surface area contributed by atoms with Crippen molar-refractivity contribution in [1.29, 1.82) is 0 Å². The van der Waals surface area contributed by atoms with Crippen LogP contribution in [0.4, 0.5) is 0 Å². The van der Waals surface area contributed by atoms with E-state index in [4.69, 9.17) is 23.2 Å². The first kappa shape index (κ1) is 15.6. The monoisotopic (exact) mass is 311 g/mol. The van der Waals surface area contributed by atoms with E-state index in [0.29, 0.717) is 11.6 Å². The second kappa shape index (κ2) is 7.26. The molecule has 1 fully saturated rings. The molecular weight excluding hydrogens is 293 g/mol. The Morgan fingerprint density at radius 3 is 2.45 bits per heavy atom. The van der Waals surface area contributed by atoms with Gasteiger partial charge in [0.25, 0.3) is 0 Å². The van der Waals surface area contributed by atoms with Gasteiger partial charge in [0.1, 0.15) is 0 Å². The normalized spacial score (nSPS) is 18.2. The van der Waals surface area contributed by atoms with Crippen LogP contribution in [0.15, 0.2) is 34.8 Å². The summed E-state index contributed by atoms with van der Waals surface area (Å²) in [5.41, 5.74) is 3.41. The smallest absolute Gasteiger partial charge is 0.166 e. The number of rotatable bonds is 4. The largest absolute Gasteiger partial charge is 0.298 e. The van der Waals surface area contributed by atoms with Crippen molar-refractivity contribution in [1.82, 2.24) is 4.90 Å². The molecule has 1 aromatic carbocycles. The Bertz CT molecular complexity index is 488. The highest BCUT2D eigenvalue weighted by Crippen LogP contribution is 2.23. The topological polar surface area (TPSA) is 20.3 Å². The summed E-state index contributed by atoms with van der Waals surface area (Å²) in [6.07, 6.45) is 1.78. The first-order chi connectivity index (χ1) is 9.60. The second-order valence-corrected chi connectivity index (χ2v) is 6.04. The SMILES string of the molecule is Cc1ccc(C(=O)C2CCN(C/C(Cl)=C/Cl)CC2)cc1. The summed E-state index contributed by atoms with van der Waals surface area (Å²) in [6.45, 7) is 4.49. The molecule has 4 heteroatoms. The summed E-state index contributed by atoms with van der Waals surface area (Å²) < 4.78 is 0. The van der Waals surface area contributed by atoms with Gasteiger partial charge in [0.15, 0.2) is 5.78 Å². The number of Topliss-reactive ketones (excluding diaryl/α,β-unsaturated/α-hetero) is 1. The zero-order valence-electron chi connectivity index (χ0n) is 11.6. The number of nitrogens with zero attached hydrogens (tertiary/aromatic N) is 1. The van der Waals surface area contributed by atoms with Gasteiger partial charge in [-0.25, -0.2) is 0 Å². The molecule has 0 radical (unpaired) electrons. The maximum Gasteiger partial charge on any atom is 0.166 e. The molecule has 1 heterocycles. The van der Waals surface area contributed by atoms with Crippen molar-refractivity contribution in [3.05, 3.63) is 46.0 Å². The van der Waals surface area contributed by atoms with Crippen LogP contribution in [-0.2, 0) is 0 Å². The Balaban J connectivity index is 1.90. The van der Waals surface area contributed by atoms with E-state index < -0.39 is 0 Å². The molecule has 1 aliphatic heterocycles. The van der Waals surface area contributed by atoms with Crippen LogP contribution in [0.2, 0.25) is 0 Å². The van der Waals surface area contributed by atoms with Gasteiger partial charge in [0, 0.05) is 28.6 Å². The van der Waals surface area contributed by atoms with Crippen LogP contribution in [-0.4, -0.2) is 30.3 Å². The summed E-state index contributed by atoms with van der Waals surface area (Å²) in [5.74, 6) is 0.399. The van der Waals surface area contributed by atoms with Crippen LogP contribution in [0, 0.1) is 12.8 Å². The molecule has 108 valence electrons. The first-order valence-electron chi connectivity index (χ1n) is 6.88. The molecule has 0 aliphatic carbocycles. The van der Waals surface area contributed by atoms with Gasteiger partial charge in [-0.1, -0.05) is 53.0 Å². The number of likely N-dealkylation sites (tertiary alicyclic amines) is 1. The van der Waals surface area contributed by atoms with Gasteiger partial charge in [0.2, 0.25) is 0 Å². The van der Waals surface area contributed by atoms with E-state index >= 15 is 0 Å². The number of piperidine rings is 1. The molecule has 0 N–H and O–H groups in total. The van der Waals surface area contributed by atoms with Crippen molar-refractivity contribution < 1.29 is 4.79 Å². The van der Waals surface area contributed by atoms with Crippen LogP contribution in [0.3, 0.4) is 0 Å². The number of halogens is 2. The fourth-order valence-electron chi connectivity index (χ4n) is 2.55. The van der Waals surface area contributed by atoms with Crippen LogP contribution in [0.1, 0.15) is 28.8 Å². The molecule has 20 heavy (non-hydrogen) atoms. The minimum atomic E-state index is 0.132. The summed E-state index contributed by atoms with van der Waals surface area (Å²) in [5, 5.41) is 0.648. The second-order valence-electron chi connectivity index (χ2n) is 5.34. The van der Waals surface area contributed by atoms with Gasteiger partial charge in [-0.15, -0.1) is 0 Å². The van der Waals surface area contributed by atoms with E-state index in [1.807, 2.05) is 31.2 Å². The number of aryl methyl sites for hydroxylation is 1. The molecule has 0 atom stereocenters. The highest BCUT2D eigenvalue weighted by Gasteiger charge is 2.25. The predicted octanol–water partition coefficient (Wildman–Crippen LogP) is 4.21. The molecule has 1 aliphatic rings. The lowest BCUT2D eigenvalue weighted by molar-refractivity contribution is 0.0848. The molecule has 0 saturated carbocycles. The minimum Gasteiger partial charge on any atom is -0.298 e. The van der Waals surface area contributed by atoms with Gasteiger partial charge in [0.05, 0.1) is 0 Å². The predicted molar refractivity (Wildman–Crippen MR) is 84.5 cm³/mol.